The molecule has 0 unspecified atom stereocenters. The molecule has 0 radical (unpaired) electrons. The molecule has 0 spiro atoms. The van der Waals surface area contributed by atoms with E-state index in [0.717, 1.165) is 17.7 Å². The molecule has 1 N–H and O–H groups in total. The van der Waals surface area contributed by atoms with Gasteiger partial charge < -0.3 is 10.1 Å². The van der Waals surface area contributed by atoms with Crippen LogP contribution in [-0.2, 0) is 11.2 Å². The van der Waals surface area contributed by atoms with E-state index in [1.54, 1.807) is 19.1 Å². The molecule has 22 heavy (non-hydrogen) atoms. The van der Waals surface area contributed by atoms with Gasteiger partial charge in [-0.05, 0) is 61.7 Å². The minimum Gasteiger partial charge on any atom is -0.481 e. The number of amides is 1. The van der Waals surface area contributed by atoms with E-state index in [1.165, 1.54) is 5.56 Å². The number of hydrogen-bond acceptors (Lipinski definition) is 2. The largest absolute Gasteiger partial charge is 0.481 e. The molecule has 0 aliphatic rings. The Hall–Kier alpha value is -2.00. The van der Waals surface area contributed by atoms with Crippen LogP contribution in [-0.4, -0.2) is 12.0 Å². The van der Waals surface area contributed by atoms with Gasteiger partial charge in [0.15, 0.2) is 6.10 Å². The smallest absolute Gasteiger partial charge is 0.265 e. The molecule has 1 atom stereocenters. The van der Waals surface area contributed by atoms with E-state index >= 15 is 0 Å². The van der Waals surface area contributed by atoms with Crippen LogP contribution in [0.5, 0.6) is 5.75 Å². The third kappa shape index (κ3) is 4.25. The van der Waals surface area contributed by atoms with Gasteiger partial charge in [0.1, 0.15) is 5.75 Å². The number of nitrogens with one attached hydrogen (secondary N) is 1. The number of halogens is 1. The molecule has 2 rings (SSSR count). The summed E-state index contributed by atoms with van der Waals surface area (Å²) in [6.45, 7) is 5.71. The van der Waals surface area contributed by atoms with Crippen LogP contribution >= 0.6 is 11.6 Å². The lowest BCUT2D eigenvalue weighted by molar-refractivity contribution is -0.122. The first-order valence-electron chi connectivity index (χ1n) is 7.32. The summed E-state index contributed by atoms with van der Waals surface area (Å²) in [6.07, 6.45) is 0.338. The van der Waals surface area contributed by atoms with E-state index in [0.29, 0.717) is 10.8 Å². The summed E-state index contributed by atoms with van der Waals surface area (Å²) in [5, 5.41) is 3.53. The van der Waals surface area contributed by atoms with Gasteiger partial charge in [0.25, 0.3) is 5.91 Å². The van der Waals surface area contributed by atoms with E-state index in [1.807, 2.05) is 37.3 Å². The fraction of sp³-hybridized carbons (Fsp3) is 0.278. The van der Waals surface area contributed by atoms with Crippen molar-refractivity contribution in [1.82, 2.24) is 0 Å². The van der Waals surface area contributed by atoms with Gasteiger partial charge in [-0.25, -0.2) is 0 Å². The lowest BCUT2D eigenvalue weighted by Crippen LogP contribution is -2.30. The fourth-order valence-corrected chi connectivity index (χ4v) is 2.33. The van der Waals surface area contributed by atoms with Crippen molar-refractivity contribution >= 4 is 23.2 Å². The summed E-state index contributed by atoms with van der Waals surface area (Å²) in [7, 11) is 0. The average Bonchev–Trinajstić information content (AvgIpc) is 2.50. The first-order chi connectivity index (χ1) is 10.5. The van der Waals surface area contributed by atoms with Crippen molar-refractivity contribution in [2.45, 2.75) is 33.3 Å². The fourth-order valence-electron chi connectivity index (χ4n) is 2.10. The molecular formula is C18H20ClNO2. The molecule has 0 saturated carbocycles. The molecule has 0 heterocycles. The van der Waals surface area contributed by atoms with Gasteiger partial charge in [-0.15, -0.1) is 0 Å². The second kappa shape index (κ2) is 7.32. The average molecular weight is 318 g/mol. The van der Waals surface area contributed by atoms with E-state index in [-0.39, 0.29) is 5.91 Å². The third-order valence-corrected chi connectivity index (χ3v) is 3.65. The first-order valence-corrected chi connectivity index (χ1v) is 7.70. The molecule has 116 valence electrons. The number of carbonyl (C=O) groups excluding carboxylic acids is 1. The molecule has 0 fully saturated rings. The maximum absolute atomic E-state index is 12.2. The molecule has 0 saturated heterocycles. The first kappa shape index (κ1) is 16.4. The van der Waals surface area contributed by atoms with Crippen molar-refractivity contribution in [3.05, 3.63) is 58.6 Å². The zero-order chi connectivity index (χ0) is 16.1. The standard InChI is InChI=1S/C18H20ClNO2/c1-4-14-6-5-7-16(11-14)20-18(21)13(3)22-17-9-8-15(19)10-12(17)2/h5-11,13H,4H2,1-3H3,(H,20,21)/t13-/m0/s1. The summed E-state index contributed by atoms with van der Waals surface area (Å²) in [6, 6.07) is 13.1. The minimum absolute atomic E-state index is 0.178. The molecule has 2 aromatic rings. The Labute approximate surface area is 136 Å². The normalized spacial score (nSPS) is 11.8. The van der Waals surface area contributed by atoms with Crippen molar-refractivity contribution in [2.24, 2.45) is 0 Å². The van der Waals surface area contributed by atoms with Crippen molar-refractivity contribution in [3.63, 3.8) is 0 Å². The third-order valence-electron chi connectivity index (χ3n) is 3.41. The van der Waals surface area contributed by atoms with Crippen LogP contribution in [0.4, 0.5) is 5.69 Å². The second-order valence-electron chi connectivity index (χ2n) is 5.21. The monoisotopic (exact) mass is 317 g/mol. The Morgan fingerprint density at radius 1 is 1.27 bits per heavy atom. The highest BCUT2D eigenvalue weighted by Crippen LogP contribution is 2.23. The summed E-state index contributed by atoms with van der Waals surface area (Å²) >= 11 is 5.92. The van der Waals surface area contributed by atoms with Gasteiger partial charge in [-0.2, -0.15) is 0 Å². The molecule has 0 aromatic heterocycles. The summed E-state index contributed by atoms with van der Waals surface area (Å²) in [4.78, 5) is 12.2. The highest BCUT2D eigenvalue weighted by molar-refractivity contribution is 6.30. The van der Waals surface area contributed by atoms with Crippen LogP contribution in [0.15, 0.2) is 42.5 Å². The van der Waals surface area contributed by atoms with E-state index in [9.17, 15) is 4.79 Å². The lowest BCUT2D eigenvalue weighted by Gasteiger charge is -2.16. The predicted octanol–water partition coefficient (Wildman–Crippen LogP) is 4.62. The Morgan fingerprint density at radius 2 is 2.05 bits per heavy atom. The van der Waals surface area contributed by atoms with Crippen LogP contribution in [0, 0.1) is 6.92 Å². The minimum atomic E-state index is -0.592. The van der Waals surface area contributed by atoms with Crippen LogP contribution in [0.25, 0.3) is 0 Å². The Kier molecular flexibility index (Phi) is 5.45. The molecular weight excluding hydrogens is 298 g/mol. The molecule has 0 aliphatic heterocycles. The van der Waals surface area contributed by atoms with Crippen molar-refractivity contribution < 1.29 is 9.53 Å². The number of benzene rings is 2. The molecule has 1 amide bonds. The second-order valence-corrected chi connectivity index (χ2v) is 5.65. The van der Waals surface area contributed by atoms with Crippen LogP contribution in [0.3, 0.4) is 0 Å². The summed E-state index contributed by atoms with van der Waals surface area (Å²) in [5.41, 5.74) is 2.87. The number of carbonyl (C=O) groups is 1. The highest BCUT2D eigenvalue weighted by atomic mass is 35.5. The highest BCUT2D eigenvalue weighted by Gasteiger charge is 2.16. The van der Waals surface area contributed by atoms with E-state index in [4.69, 9.17) is 16.3 Å². The van der Waals surface area contributed by atoms with Crippen molar-refractivity contribution in [3.8, 4) is 5.75 Å². The summed E-state index contributed by atoms with van der Waals surface area (Å²) < 4.78 is 5.72. The van der Waals surface area contributed by atoms with Crippen LogP contribution in [0.2, 0.25) is 5.02 Å². The molecule has 4 heteroatoms. The quantitative estimate of drug-likeness (QED) is 0.874. The molecule has 2 aromatic carbocycles. The SMILES string of the molecule is CCc1cccc(NC(=O)[C@H](C)Oc2ccc(Cl)cc2C)c1. The van der Waals surface area contributed by atoms with Gasteiger partial charge >= 0.3 is 0 Å². The van der Waals surface area contributed by atoms with Gasteiger partial charge in [-0.1, -0.05) is 30.7 Å². The number of rotatable bonds is 5. The molecule has 3 nitrogen and oxygen atoms in total. The Balaban J connectivity index is 2.02. The van der Waals surface area contributed by atoms with Crippen LogP contribution < -0.4 is 10.1 Å². The summed E-state index contributed by atoms with van der Waals surface area (Å²) in [5.74, 6) is 0.483. The number of anilines is 1. The topological polar surface area (TPSA) is 38.3 Å². The molecule has 0 aliphatic carbocycles. The number of hydrogen-bond donors (Lipinski definition) is 1. The van der Waals surface area contributed by atoms with Crippen LogP contribution in [0.1, 0.15) is 25.0 Å². The zero-order valence-electron chi connectivity index (χ0n) is 13.0. The Bertz CT molecular complexity index is 670. The zero-order valence-corrected chi connectivity index (χ0v) is 13.8. The van der Waals surface area contributed by atoms with Gasteiger partial charge in [0, 0.05) is 10.7 Å². The lowest BCUT2D eigenvalue weighted by atomic mass is 10.1. The Morgan fingerprint density at radius 3 is 2.73 bits per heavy atom. The van der Waals surface area contributed by atoms with Gasteiger partial charge in [-0.3, -0.25) is 4.79 Å². The van der Waals surface area contributed by atoms with Crippen molar-refractivity contribution in [2.75, 3.05) is 5.32 Å². The maximum Gasteiger partial charge on any atom is 0.265 e. The number of ether oxygens (including phenoxy) is 1. The number of aryl methyl sites for hydroxylation is 2. The predicted molar refractivity (Wildman–Crippen MR) is 90.7 cm³/mol. The molecule has 0 bridgehead atoms. The maximum atomic E-state index is 12.2. The van der Waals surface area contributed by atoms with Gasteiger partial charge in [0.2, 0.25) is 0 Å². The van der Waals surface area contributed by atoms with Crippen molar-refractivity contribution in [1.29, 1.82) is 0 Å². The van der Waals surface area contributed by atoms with E-state index < -0.39 is 6.10 Å². The van der Waals surface area contributed by atoms with E-state index in [2.05, 4.69) is 12.2 Å². The van der Waals surface area contributed by atoms with Gasteiger partial charge in [0.05, 0.1) is 0 Å².